The van der Waals surface area contributed by atoms with Gasteiger partial charge in [0.05, 0.1) is 18.1 Å². The highest BCUT2D eigenvalue weighted by Crippen LogP contribution is 2.38. The maximum atomic E-state index is 12.3. The third kappa shape index (κ3) is 2.48. The van der Waals surface area contributed by atoms with Crippen LogP contribution in [0.15, 0.2) is 72.8 Å². The summed E-state index contributed by atoms with van der Waals surface area (Å²) in [6, 6.07) is 19.2. The van der Waals surface area contributed by atoms with Gasteiger partial charge in [0.15, 0.2) is 5.78 Å². The SMILES string of the molecule is O=C1C=C[C@](CO)(Nc2ccccc2)[C@H]1c1ccccc1. The van der Waals surface area contributed by atoms with E-state index in [0.29, 0.717) is 0 Å². The Kier molecular flexibility index (Phi) is 3.59. The molecule has 2 N–H and O–H groups in total. The summed E-state index contributed by atoms with van der Waals surface area (Å²) in [7, 11) is 0. The number of benzene rings is 2. The van der Waals surface area contributed by atoms with Crippen molar-refractivity contribution >= 4 is 11.5 Å². The number of hydrogen-bond donors (Lipinski definition) is 2. The highest BCUT2D eigenvalue weighted by Gasteiger charge is 2.44. The van der Waals surface area contributed by atoms with Crippen molar-refractivity contribution < 1.29 is 9.90 Å². The van der Waals surface area contributed by atoms with Crippen LogP contribution in [-0.2, 0) is 4.79 Å². The number of aliphatic hydroxyl groups is 1. The topological polar surface area (TPSA) is 49.3 Å². The first-order valence-corrected chi connectivity index (χ1v) is 6.97. The van der Waals surface area contributed by atoms with Crippen LogP contribution >= 0.6 is 0 Å². The molecule has 1 aliphatic rings. The molecule has 0 aliphatic heterocycles. The average Bonchev–Trinajstić information content (AvgIpc) is 2.86. The van der Waals surface area contributed by atoms with Crippen LogP contribution in [-0.4, -0.2) is 23.0 Å². The third-order valence-electron chi connectivity index (χ3n) is 3.89. The molecule has 0 saturated heterocycles. The molecule has 1 aliphatic carbocycles. The van der Waals surface area contributed by atoms with E-state index in [2.05, 4.69) is 5.32 Å². The van der Waals surface area contributed by atoms with Crippen molar-refractivity contribution in [1.29, 1.82) is 0 Å². The van der Waals surface area contributed by atoms with E-state index in [0.717, 1.165) is 11.3 Å². The second-order valence-electron chi connectivity index (χ2n) is 5.27. The molecule has 0 amide bonds. The zero-order valence-electron chi connectivity index (χ0n) is 11.6. The van der Waals surface area contributed by atoms with Crippen molar-refractivity contribution in [3.05, 3.63) is 78.4 Å². The van der Waals surface area contributed by atoms with Crippen LogP contribution in [0.3, 0.4) is 0 Å². The van der Waals surface area contributed by atoms with Gasteiger partial charge in [-0.05, 0) is 23.8 Å². The number of nitrogens with one attached hydrogen (secondary N) is 1. The van der Waals surface area contributed by atoms with Crippen LogP contribution in [0.2, 0.25) is 0 Å². The zero-order chi connectivity index (χ0) is 14.7. The van der Waals surface area contributed by atoms with Crippen molar-refractivity contribution in [3.8, 4) is 0 Å². The van der Waals surface area contributed by atoms with Gasteiger partial charge in [0.25, 0.3) is 0 Å². The molecule has 3 nitrogen and oxygen atoms in total. The van der Waals surface area contributed by atoms with Crippen molar-refractivity contribution in [2.24, 2.45) is 0 Å². The Bertz CT molecular complexity index is 651. The van der Waals surface area contributed by atoms with Crippen LogP contribution in [0.25, 0.3) is 0 Å². The Hall–Kier alpha value is -2.39. The van der Waals surface area contributed by atoms with Crippen molar-refractivity contribution in [2.75, 3.05) is 11.9 Å². The smallest absolute Gasteiger partial charge is 0.165 e. The number of rotatable bonds is 4. The Balaban J connectivity index is 1.99. The molecule has 106 valence electrons. The molecule has 21 heavy (non-hydrogen) atoms. The van der Waals surface area contributed by atoms with Crippen molar-refractivity contribution in [3.63, 3.8) is 0 Å². The molecule has 3 heteroatoms. The lowest BCUT2D eigenvalue weighted by Crippen LogP contribution is -2.45. The lowest BCUT2D eigenvalue weighted by atomic mass is 9.81. The summed E-state index contributed by atoms with van der Waals surface area (Å²) in [5, 5.41) is 13.3. The fraction of sp³-hybridized carbons (Fsp3) is 0.167. The Morgan fingerprint density at radius 1 is 1.00 bits per heavy atom. The lowest BCUT2D eigenvalue weighted by molar-refractivity contribution is -0.116. The highest BCUT2D eigenvalue weighted by atomic mass is 16.3. The summed E-state index contributed by atoms with van der Waals surface area (Å²) in [4.78, 5) is 12.3. The van der Waals surface area contributed by atoms with E-state index >= 15 is 0 Å². The van der Waals surface area contributed by atoms with Gasteiger partial charge in [-0.2, -0.15) is 0 Å². The number of para-hydroxylation sites is 1. The third-order valence-corrected chi connectivity index (χ3v) is 3.89. The van der Waals surface area contributed by atoms with Gasteiger partial charge in [0.2, 0.25) is 0 Å². The summed E-state index contributed by atoms with van der Waals surface area (Å²) in [6.07, 6.45) is 3.34. The van der Waals surface area contributed by atoms with E-state index in [-0.39, 0.29) is 12.4 Å². The minimum absolute atomic E-state index is 0.0127. The first kappa shape index (κ1) is 13.6. The van der Waals surface area contributed by atoms with Gasteiger partial charge < -0.3 is 10.4 Å². The molecule has 0 saturated carbocycles. The second-order valence-corrected chi connectivity index (χ2v) is 5.27. The largest absolute Gasteiger partial charge is 0.394 e. The minimum atomic E-state index is -0.792. The van der Waals surface area contributed by atoms with Gasteiger partial charge >= 0.3 is 0 Å². The molecule has 0 fully saturated rings. The normalized spacial score (nSPS) is 24.2. The van der Waals surface area contributed by atoms with Crippen LogP contribution < -0.4 is 5.32 Å². The Morgan fingerprint density at radius 3 is 2.24 bits per heavy atom. The summed E-state index contributed by atoms with van der Waals surface area (Å²) in [6.45, 7) is -0.149. The zero-order valence-corrected chi connectivity index (χ0v) is 11.6. The monoisotopic (exact) mass is 279 g/mol. The summed E-state index contributed by atoms with van der Waals surface area (Å²) < 4.78 is 0. The fourth-order valence-corrected chi connectivity index (χ4v) is 2.87. The maximum absolute atomic E-state index is 12.3. The van der Waals surface area contributed by atoms with Crippen LogP contribution in [0.5, 0.6) is 0 Å². The van der Waals surface area contributed by atoms with Gasteiger partial charge in [-0.15, -0.1) is 0 Å². The molecule has 0 heterocycles. The number of ketones is 1. The van der Waals surface area contributed by atoms with E-state index in [1.807, 2.05) is 60.7 Å². The molecule has 2 aromatic carbocycles. The molecule has 3 rings (SSSR count). The van der Waals surface area contributed by atoms with E-state index in [9.17, 15) is 9.90 Å². The maximum Gasteiger partial charge on any atom is 0.165 e. The lowest BCUT2D eigenvalue weighted by Gasteiger charge is -2.34. The molecule has 0 unspecified atom stereocenters. The van der Waals surface area contributed by atoms with Gasteiger partial charge in [-0.1, -0.05) is 54.6 Å². The van der Waals surface area contributed by atoms with E-state index in [4.69, 9.17) is 0 Å². The number of aliphatic hydroxyl groups excluding tert-OH is 1. The first-order valence-electron chi connectivity index (χ1n) is 6.97. The summed E-state index contributed by atoms with van der Waals surface area (Å²) >= 11 is 0. The highest BCUT2D eigenvalue weighted by molar-refractivity contribution is 6.01. The Labute approximate surface area is 123 Å². The van der Waals surface area contributed by atoms with Crippen molar-refractivity contribution in [1.82, 2.24) is 0 Å². The predicted molar refractivity (Wildman–Crippen MR) is 83.2 cm³/mol. The van der Waals surface area contributed by atoms with Gasteiger partial charge in [-0.25, -0.2) is 0 Å². The van der Waals surface area contributed by atoms with Crippen molar-refractivity contribution in [2.45, 2.75) is 11.5 Å². The number of allylic oxidation sites excluding steroid dienone is 1. The van der Waals surface area contributed by atoms with Crippen LogP contribution in [0.1, 0.15) is 11.5 Å². The van der Waals surface area contributed by atoms with Gasteiger partial charge in [0.1, 0.15) is 0 Å². The molecular formula is C18H17NO2. The fourth-order valence-electron chi connectivity index (χ4n) is 2.87. The quantitative estimate of drug-likeness (QED) is 0.904. The molecule has 0 bridgehead atoms. The predicted octanol–water partition coefficient (Wildman–Crippen LogP) is 2.75. The summed E-state index contributed by atoms with van der Waals surface area (Å²) in [5.74, 6) is -0.400. The van der Waals surface area contributed by atoms with Crippen LogP contribution in [0, 0.1) is 0 Å². The molecule has 2 atom stereocenters. The summed E-state index contributed by atoms with van der Waals surface area (Å²) in [5.41, 5.74) is 0.997. The standard InChI is InChI=1S/C18H17NO2/c20-13-18(19-15-9-5-2-6-10-15)12-11-16(21)17(18)14-7-3-1-4-8-14/h1-12,17,19-20H,13H2/t17-,18+/m0/s1. The second kappa shape index (κ2) is 5.54. The van der Waals surface area contributed by atoms with E-state index in [1.54, 1.807) is 12.2 Å². The molecule has 0 spiro atoms. The van der Waals surface area contributed by atoms with E-state index < -0.39 is 11.5 Å². The molecule has 2 aromatic rings. The minimum Gasteiger partial charge on any atom is -0.394 e. The Morgan fingerprint density at radius 2 is 1.62 bits per heavy atom. The number of carbonyl (C=O) groups excluding carboxylic acids is 1. The first-order chi connectivity index (χ1) is 10.2. The molecular weight excluding hydrogens is 262 g/mol. The van der Waals surface area contributed by atoms with E-state index in [1.165, 1.54) is 0 Å². The number of hydrogen-bond acceptors (Lipinski definition) is 3. The number of carbonyl (C=O) groups is 1. The van der Waals surface area contributed by atoms with Gasteiger partial charge in [0, 0.05) is 5.69 Å². The molecule has 0 radical (unpaired) electrons. The molecule has 0 aromatic heterocycles. The average molecular weight is 279 g/mol. The van der Waals surface area contributed by atoms with Crippen LogP contribution in [0.4, 0.5) is 5.69 Å². The number of anilines is 1. The van der Waals surface area contributed by atoms with Gasteiger partial charge in [-0.3, -0.25) is 4.79 Å².